The molecule has 3 aliphatic heterocycles. The van der Waals surface area contributed by atoms with Gasteiger partial charge in [-0.15, -0.1) is 13.2 Å². The Kier molecular flexibility index (Phi) is 13.5. The Balaban J connectivity index is 1.78. The summed E-state index contributed by atoms with van der Waals surface area (Å²) in [6, 6.07) is 6.89. The van der Waals surface area contributed by atoms with E-state index in [1.807, 2.05) is 58.0 Å². The van der Waals surface area contributed by atoms with E-state index in [2.05, 4.69) is 36.0 Å². The topological polar surface area (TPSA) is 117 Å². The number of rotatable bonds is 18. The Morgan fingerprint density at radius 1 is 1.16 bits per heavy atom. The van der Waals surface area contributed by atoms with Crippen LogP contribution in [0.25, 0.3) is 0 Å². The van der Waals surface area contributed by atoms with E-state index in [4.69, 9.17) is 9.47 Å². The van der Waals surface area contributed by atoms with Crippen LogP contribution in [0, 0.1) is 17.8 Å². The van der Waals surface area contributed by atoms with Gasteiger partial charge >= 0.3 is 5.97 Å². The number of carbonyl (C=O) groups excluding carboxylic acids is 4. The Morgan fingerprint density at radius 2 is 1.84 bits per heavy atom. The number of hydrogen-bond acceptors (Lipinski definition) is 7. The molecule has 3 heterocycles. The van der Waals surface area contributed by atoms with E-state index in [1.54, 1.807) is 33.9 Å². The van der Waals surface area contributed by atoms with Crippen molar-refractivity contribution in [3.63, 3.8) is 0 Å². The number of aliphatic hydroxyl groups excluding tert-OH is 1. The van der Waals surface area contributed by atoms with Crippen LogP contribution >= 0.6 is 15.9 Å². The fraction of sp³-hybridized carbons (Fsp3) is 0.641. The largest absolute Gasteiger partial charge is 0.455 e. The third-order valence-electron chi connectivity index (χ3n) is 11.3. The normalized spacial score (nSPS) is 28.3. The summed E-state index contributed by atoms with van der Waals surface area (Å²) in [5, 5.41) is 10.7. The number of nitrogens with zero attached hydrogens (tertiary/aromatic N) is 3. The average molecular weight is 759 g/mol. The van der Waals surface area contributed by atoms with E-state index in [0.717, 1.165) is 12.8 Å². The molecule has 10 nitrogen and oxygen atoms in total. The van der Waals surface area contributed by atoms with Gasteiger partial charge in [-0.05, 0) is 44.6 Å². The van der Waals surface area contributed by atoms with E-state index in [1.165, 1.54) is 0 Å². The zero-order valence-corrected chi connectivity index (χ0v) is 32.1. The van der Waals surface area contributed by atoms with Crippen molar-refractivity contribution in [1.82, 2.24) is 14.7 Å². The van der Waals surface area contributed by atoms with E-state index in [0.29, 0.717) is 24.8 Å². The third kappa shape index (κ3) is 7.33. The second-order valence-corrected chi connectivity index (χ2v) is 15.5. The molecule has 0 aliphatic carbocycles. The number of allylic oxidation sites excluding steroid dienone is 1. The van der Waals surface area contributed by atoms with Gasteiger partial charge in [0.15, 0.2) is 0 Å². The molecule has 1 N–H and O–H groups in total. The number of fused-ring (bicyclic) bond motifs is 1. The predicted octanol–water partition coefficient (Wildman–Crippen LogP) is 5.44. The molecule has 3 aliphatic rings. The van der Waals surface area contributed by atoms with Crippen LogP contribution in [0.3, 0.4) is 0 Å². The first-order valence-corrected chi connectivity index (χ1v) is 19.0. The SMILES string of the molecule is C=CCCC(=O)N(C)[C@H](C)[C@H](OC(=O)[C@H]1[C@@H]2O[C@@]3(CC2Br)[C@@H]1C(=O)N([C@@H](CO)[C@@H](C)CC)[C@@H]3C(=O)N(CC=C)C(C)CCC)c1ccccc1. The van der Waals surface area contributed by atoms with Gasteiger partial charge in [-0.2, -0.15) is 0 Å². The molecule has 1 aromatic rings. The second kappa shape index (κ2) is 17.0. The molecular weight excluding hydrogens is 702 g/mol. The minimum absolute atomic E-state index is 0.110. The van der Waals surface area contributed by atoms with E-state index in [-0.39, 0.29) is 54.1 Å². The van der Waals surface area contributed by atoms with Crippen LogP contribution in [-0.2, 0) is 28.7 Å². The average Bonchev–Trinajstić information content (AvgIpc) is 3.71. The van der Waals surface area contributed by atoms with Crippen molar-refractivity contribution in [2.24, 2.45) is 17.8 Å². The van der Waals surface area contributed by atoms with Crippen molar-refractivity contribution >= 4 is 39.6 Å². The summed E-state index contributed by atoms with van der Waals surface area (Å²) in [5.41, 5.74) is -0.603. The van der Waals surface area contributed by atoms with Gasteiger partial charge in [0.25, 0.3) is 0 Å². The molecule has 2 unspecified atom stereocenters. The number of hydrogen-bond donors (Lipinski definition) is 1. The summed E-state index contributed by atoms with van der Waals surface area (Å²) < 4.78 is 13.2. The van der Waals surface area contributed by atoms with Gasteiger partial charge in [0, 0.05) is 30.9 Å². The molecule has 3 saturated heterocycles. The quantitative estimate of drug-likeness (QED) is 0.120. The second-order valence-electron chi connectivity index (χ2n) is 14.3. The number of likely N-dealkylation sites (N-methyl/N-ethyl adjacent to an activating group) is 1. The fourth-order valence-electron chi connectivity index (χ4n) is 8.27. The molecule has 0 saturated carbocycles. The van der Waals surface area contributed by atoms with Crippen molar-refractivity contribution in [2.45, 2.75) is 120 Å². The molecule has 2 bridgehead atoms. The first kappa shape index (κ1) is 39.8. The monoisotopic (exact) mass is 757 g/mol. The maximum Gasteiger partial charge on any atom is 0.313 e. The van der Waals surface area contributed by atoms with Crippen molar-refractivity contribution in [3.05, 3.63) is 61.2 Å². The molecule has 3 fully saturated rings. The number of esters is 1. The van der Waals surface area contributed by atoms with Crippen LogP contribution < -0.4 is 0 Å². The number of benzene rings is 1. The Bertz CT molecular complexity index is 1390. The van der Waals surface area contributed by atoms with Crippen molar-refractivity contribution in [3.8, 4) is 0 Å². The maximum atomic E-state index is 14.9. The molecular formula is C39H56BrN3O7. The molecule has 50 heavy (non-hydrogen) atoms. The Morgan fingerprint density at radius 3 is 2.42 bits per heavy atom. The lowest BCUT2D eigenvalue weighted by Gasteiger charge is -2.42. The molecule has 3 amide bonds. The first-order chi connectivity index (χ1) is 23.8. The summed E-state index contributed by atoms with van der Waals surface area (Å²) in [4.78, 5) is 61.9. The maximum absolute atomic E-state index is 14.9. The van der Waals surface area contributed by atoms with Crippen molar-refractivity contribution in [2.75, 3.05) is 20.2 Å². The summed E-state index contributed by atoms with van der Waals surface area (Å²) in [6.45, 7) is 17.4. The molecule has 1 spiro atoms. The van der Waals surface area contributed by atoms with Gasteiger partial charge in [0.1, 0.15) is 17.7 Å². The summed E-state index contributed by atoms with van der Waals surface area (Å²) >= 11 is 3.76. The van der Waals surface area contributed by atoms with Gasteiger partial charge in [-0.25, -0.2) is 0 Å². The minimum atomic E-state index is -1.31. The number of aliphatic hydroxyl groups is 1. The molecule has 11 atom stereocenters. The molecule has 11 heteroatoms. The zero-order valence-electron chi connectivity index (χ0n) is 30.5. The van der Waals surface area contributed by atoms with Crippen LogP contribution in [0.5, 0.6) is 0 Å². The van der Waals surface area contributed by atoms with E-state index < -0.39 is 53.7 Å². The summed E-state index contributed by atoms with van der Waals surface area (Å²) in [5.74, 6) is -3.52. The Hall–Kier alpha value is -3.02. The lowest BCUT2D eigenvalue weighted by Crippen LogP contribution is -2.61. The van der Waals surface area contributed by atoms with E-state index >= 15 is 0 Å². The summed E-state index contributed by atoms with van der Waals surface area (Å²) in [7, 11) is 1.69. The van der Waals surface area contributed by atoms with Gasteiger partial charge in [-0.1, -0.05) is 92.0 Å². The number of halogens is 1. The third-order valence-corrected chi connectivity index (χ3v) is 12.1. The van der Waals surface area contributed by atoms with Crippen molar-refractivity contribution < 1.29 is 33.8 Å². The smallest absolute Gasteiger partial charge is 0.313 e. The van der Waals surface area contributed by atoms with Crippen molar-refractivity contribution in [1.29, 1.82) is 0 Å². The number of amides is 3. The van der Waals surface area contributed by atoms with Gasteiger partial charge in [0.05, 0.1) is 36.6 Å². The lowest BCUT2D eigenvalue weighted by molar-refractivity contribution is -0.165. The highest BCUT2D eigenvalue weighted by molar-refractivity contribution is 9.09. The zero-order chi connectivity index (χ0) is 36.9. The number of ether oxygens (including phenoxy) is 2. The van der Waals surface area contributed by atoms with Crippen LogP contribution in [0.1, 0.15) is 84.8 Å². The lowest BCUT2D eigenvalue weighted by atomic mass is 9.70. The summed E-state index contributed by atoms with van der Waals surface area (Å²) in [6.07, 6.45) is 5.25. The predicted molar refractivity (Wildman–Crippen MR) is 196 cm³/mol. The highest BCUT2D eigenvalue weighted by Crippen LogP contribution is 2.61. The Labute approximate surface area is 306 Å². The minimum Gasteiger partial charge on any atom is -0.455 e. The van der Waals surface area contributed by atoms with E-state index in [9.17, 15) is 24.3 Å². The highest BCUT2D eigenvalue weighted by Gasteiger charge is 2.78. The molecule has 4 rings (SSSR count). The highest BCUT2D eigenvalue weighted by atomic mass is 79.9. The fourth-order valence-corrected chi connectivity index (χ4v) is 9.21. The van der Waals surface area contributed by atoms with Gasteiger partial charge < -0.3 is 29.3 Å². The number of likely N-dealkylation sites (tertiary alicyclic amines) is 1. The van der Waals surface area contributed by atoms with Crippen LogP contribution in [-0.4, -0.2) is 104 Å². The van der Waals surface area contributed by atoms with Gasteiger partial charge in [0.2, 0.25) is 17.7 Å². The molecule has 1 aromatic carbocycles. The van der Waals surface area contributed by atoms with Crippen LogP contribution in [0.4, 0.5) is 0 Å². The molecule has 0 aromatic heterocycles. The van der Waals surface area contributed by atoms with Crippen LogP contribution in [0.15, 0.2) is 55.6 Å². The number of alkyl halides is 1. The van der Waals surface area contributed by atoms with Gasteiger partial charge in [-0.3, -0.25) is 19.2 Å². The standard InChI is InChI=1S/C39H56BrN3O7/c1-9-13-20-30(45)41(8)26(7)33(27-18-15-14-16-19-27)49-38(48)31-32-36(46)43(29(23-44)24(5)12-4)35(39(32)22-28(40)34(31)50-39)37(47)42(21-11-3)25(6)17-10-2/h9,11,14-16,18-19,24-26,28-29,31-35,44H,1,3,10,12-13,17,20-23H2,2,4-8H3/t24-,25?,26+,28?,29-,31+,32-,33-,34+,35+,39-/m0/s1. The molecule has 276 valence electrons. The number of carbonyl (C=O) groups is 4. The molecule has 0 radical (unpaired) electrons. The first-order valence-electron chi connectivity index (χ1n) is 18.1. The van der Waals surface area contributed by atoms with Crippen LogP contribution in [0.2, 0.25) is 0 Å².